The second-order valence-corrected chi connectivity index (χ2v) is 5.45. The van der Waals surface area contributed by atoms with Crippen molar-refractivity contribution in [2.24, 2.45) is 10.7 Å². The maximum atomic E-state index is 11.5. The first-order valence-electron chi connectivity index (χ1n) is 6.52. The van der Waals surface area contributed by atoms with Crippen molar-refractivity contribution in [3.8, 4) is 11.5 Å². The molecule has 6 heteroatoms. The number of hydrogen-bond donors (Lipinski definition) is 1. The van der Waals surface area contributed by atoms with Gasteiger partial charge in [-0.15, -0.1) is 0 Å². The van der Waals surface area contributed by atoms with Gasteiger partial charge in [-0.25, -0.2) is 4.79 Å². The topological polar surface area (TPSA) is 83.1 Å². The molecule has 21 heavy (non-hydrogen) atoms. The zero-order chi connectivity index (χ0) is 16.0. The lowest BCUT2D eigenvalue weighted by molar-refractivity contribution is 0.0604. The molecular formula is C15H22N2O4. The van der Waals surface area contributed by atoms with E-state index >= 15 is 0 Å². The Morgan fingerprint density at radius 1 is 1.19 bits per heavy atom. The average Bonchev–Trinajstić information content (AvgIpc) is 2.35. The molecule has 0 aliphatic heterocycles. The van der Waals surface area contributed by atoms with Crippen molar-refractivity contribution in [2.45, 2.75) is 32.8 Å². The highest BCUT2D eigenvalue weighted by atomic mass is 16.6. The van der Waals surface area contributed by atoms with Gasteiger partial charge in [0.05, 0.1) is 14.2 Å². The van der Waals surface area contributed by atoms with Crippen LogP contribution in [0.3, 0.4) is 0 Å². The number of methoxy groups -OCH3 is 2. The van der Waals surface area contributed by atoms with Gasteiger partial charge in [-0.1, -0.05) is 6.07 Å². The van der Waals surface area contributed by atoms with Crippen LogP contribution < -0.4 is 15.2 Å². The van der Waals surface area contributed by atoms with E-state index in [1.807, 2.05) is 6.07 Å². The molecule has 1 aromatic carbocycles. The fourth-order valence-corrected chi connectivity index (χ4v) is 1.64. The van der Waals surface area contributed by atoms with Crippen LogP contribution >= 0.6 is 0 Å². The summed E-state index contributed by atoms with van der Waals surface area (Å²) < 4.78 is 15.4. The lowest BCUT2D eigenvalue weighted by Gasteiger charge is -2.17. The van der Waals surface area contributed by atoms with Gasteiger partial charge in [-0.05, 0) is 38.5 Å². The predicted octanol–water partition coefficient (Wildman–Crippen LogP) is 2.54. The Morgan fingerprint density at radius 3 is 2.33 bits per heavy atom. The molecule has 116 valence electrons. The van der Waals surface area contributed by atoms with Crippen LogP contribution in [-0.4, -0.2) is 31.7 Å². The number of amidine groups is 1. The van der Waals surface area contributed by atoms with Crippen LogP contribution in [0.15, 0.2) is 23.2 Å². The monoisotopic (exact) mass is 294 g/mol. The van der Waals surface area contributed by atoms with Gasteiger partial charge in [-0.2, -0.15) is 4.99 Å². The van der Waals surface area contributed by atoms with Crippen LogP contribution in [0.25, 0.3) is 0 Å². The zero-order valence-corrected chi connectivity index (χ0v) is 13.1. The molecule has 0 unspecified atom stereocenters. The Kier molecular flexibility index (Phi) is 5.58. The van der Waals surface area contributed by atoms with Crippen LogP contribution in [0.4, 0.5) is 4.79 Å². The minimum Gasteiger partial charge on any atom is -0.493 e. The molecule has 0 heterocycles. The van der Waals surface area contributed by atoms with Crippen LogP contribution in [0.1, 0.15) is 26.3 Å². The molecular weight excluding hydrogens is 272 g/mol. The van der Waals surface area contributed by atoms with Crippen molar-refractivity contribution in [3.05, 3.63) is 23.8 Å². The lowest BCUT2D eigenvalue weighted by atomic mass is 10.1. The molecule has 1 amide bonds. The van der Waals surface area contributed by atoms with Gasteiger partial charge in [0, 0.05) is 6.42 Å². The van der Waals surface area contributed by atoms with E-state index < -0.39 is 11.7 Å². The summed E-state index contributed by atoms with van der Waals surface area (Å²) in [5.41, 5.74) is 6.03. The molecule has 0 aliphatic carbocycles. The third-order valence-electron chi connectivity index (χ3n) is 2.46. The Hall–Kier alpha value is -2.24. The fourth-order valence-electron chi connectivity index (χ4n) is 1.64. The minimum absolute atomic E-state index is 0.177. The van der Waals surface area contributed by atoms with Crippen LogP contribution in [-0.2, 0) is 11.2 Å². The molecule has 0 fully saturated rings. The molecule has 2 N–H and O–H groups in total. The Labute approximate surface area is 124 Å². The van der Waals surface area contributed by atoms with Gasteiger partial charge in [0.25, 0.3) is 0 Å². The van der Waals surface area contributed by atoms with Crippen molar-refractivity contribution in [2.75, 3.05) is 14.2 Å². The second kappa shape index (κ2) is 6.97. The predicted molar refractivity (Wildman–Crippen MR) is 81.1 cm³/mol. The van der Waals surface area contributed by atoms with Gasteiger partial charge >= 0.3 is 6.09 Å². The van der Waals surface area contributed by atoms with E-state index in [1.54, 1.807) is 47.1 Å². The number of carbonyl (C=O) groups excluding carboxylic acids is 1. The average molecular weight is 294 g/mol. The Bertz CT molecular complexity index is 533. The highest BCUT2D eigenvalue weighted by Crippen LogP contribution is 2.27. The number of nitrogens with zero attached hydrogens (tertiary/aromatic N) is 1. The van der Waals surface area contributed by atoms with Crippen LogP contribution in [0.2, 0.25) is 0 Å². The smallest absolute Gasteiger partial charge is 0.435 e. The second-order valence-electron chi connectivity index (χ2n) is 5.45. The number of hydrogen-bond acceptors (Lipinski definition) is 4. The van der Waals surface area contributed by atoms with Gasteiger partial charge in [0.1, 0.15) is 11.4 Å². The number of nitrogens with two attached hydrogens (primary N) is 1. The lowest BCUT2D eigenvalue weighted by Crippen LogP contribution is -2.24. The quantitative estimate of drug-likeness (QED) is 0.681. The highest BCUT2D eigenvalue weighted by molar-refractivity contribution is 5.92. The summed E-state index contributed by atoms with van der Waals surface area (Å²) in [4.78, 5) is 15.3. The zero-order valence-electron chi connectivity index (χ0n) is 13.1. The number of amides is 1. The summed E-state index contributed by atoms with van der Waals surface area (Å²) in [5.74, 6) is 1.40. The largest absolute Gasteiger partial charge is 0.493 e. The van der Waals surface area contributed by atoms with E-state index in [9.17, 15) is 4.79 Å². The van der Waals surface area contributed by atoms with Gasteiger partial charge in [0.2, 0.25) is 0 Å². The van der Waals surface area contributed by atoms with Crippen molar-refractivity contribution in [1.82, 2.24) is 0 Å². The van der Waals surface area contributed by atoms with Crippen molar-refractivity contribution < 1.29 is 19.0 Å². The Morgan fingerprint density at radius 2 is 1.81 bits per heavy atom. The van der Waals surface area contributed by atoms with Gasteiger partial charge in [0.15, 0.2) is 11.5 Å². The summed E-state index contributed by atoms with van der Waals surface area (Å²) >= 11 is 0. The third kappa shape index (κ3) is 5.72. The summed E-state index contributed by atoms with van der Waals surface area (Å²) in [6.45, 7) is 5.31. The summed E-state index contributed by atoms with van der Waals surface area (Å²) in [5, 5.41) is 0. The molecule has 0 spiro atoms. The standard InChI is InChI=1S/C15H22N2O4/c1-15(2,3)21-14(18)17-13(16)9-10-6-7-11(19-4)12(8-10)20-5/h6-8H,9H2,1-5H3,(H2,16,17,18). The van der Waals surface area contributed by atoms with Crippen molar-refractivity contribution >= 4 is 11.9 Å². The molecule has 0 bridgehead atoms. The summed E-state index contributed by atoms with van der Waals surface area (Å²) in [6.07, 6.45) is -0.375. The highest BCUT2D eigenvalue weighted by Gasteiger charge is 2.16. The number of rotatable bonds is 4. The number of ether oxygens (including phenoxy) is 3. The molecule has 0 radical (unpaired) electrons. The molecule has 0 aliphatic rings. The van der Waals surface area contributed by atoms with Crippen molar-refractivity contribution in [1.29, 1.82) is 0 Å². The van der Waals surface area contributed by atoms with E-state index in [4.69, 9.17) is 19.9 Å². The van der Waals surface area contributed by atoms with E-state index in [0.717, 1.165) is 5.56 Å². The SMILES string of the molecule is COc1ccc(C/C(N)=N/C(=O)OC(C)(C)C)cc1OC. The molecule has 0 saturated heterocycles. The van der Waals surface area contributed by atoms with E-state index in [2.05, 4.69) is 4.99 Å². The molecule has 1 rings (SSSR count). The maximum absolute atomic E-state index is 11.5. The van der Waals surface area contributed by atoms with Crippen LogP contribution in [0.5, 0.6) is 11.5 Å². The van der Waals surface area contributed by atoms with Gasteiger partial charge in [-0.3, -0.25) is 0 Å². The molecule has 0 aromatic heterocycles. The minimum atomic E-state index is -0.694. The van der Waals surface area contributed by atoms with E-state index in [0.29, 0.717) is 17.9 Å². The number of carbonyl (C=O) groups is 1. The first-order chi connectivity index (χ1) is 9.75. The fraction of sp³-hybridized carbons (Fsp3) is 0.467. The first-order valence-corrected chi connectivity index (χ1v) is 6.52. The first kappa shape index (κ1) is 16.8. The third-order valence-corrected chi connectivity index (χ3v) is 2.46. The normalized spacial score (nSPS) is 12.0. The summed E-state index contributed by atoms with van der Waals surface area (Å²) in [7, 11) is 3.12. The molecule has 0 atom stereocenters. The molecule has 0 saturated carbocycles. The summed E-state index contributed by atoms with van der Waals surface area (Å²) in [6, 6.07) is 5.39. The molecule has 6 nitrogen and oxygen atoms in total. The number of benzene rings is 1. The van der Waals surface area contributed by atoms with E-state index in [1.165, 1.54) is 0 Å². The maximum Gasteiger partial charge on any atom is 0.435 e. The van der Waals surface area contributed by atoms with E-state index in [-0.39, 0.29) is 5.84 Å². The molecule has 1 aromatic rings. The van der Waals surface area contributed by atoms with Crippen molar-refractivity contribution in [3.63, 3.8) is 0 Å². The van der Waals surface area contributed by atoms with Gasteiger partial charge < -0.3 is 19.9 Å². The van der Waals surface area contributed by atoms with Crippen LogP contribution in [0, 0.1) is 0 Å². The number of aliphatic imine (C=N–C) groups is 1. The Balaban J connectivity index is 2.79.